The van der Waals surface area contributed by atoms with Crippen molar-refractivity contribution in [2.45, 2.75) is 51.2 Å². The third-order valence-corrected chi connectivity index (χ3v) is 8.26. The van der Waals surface area contributed by atoms with E-state index in [1.807, 2.05) is 19.3 Å². The summed E-state index contributed by atoms with van der Waals surface area (Å²) in [6.07, 6.45) is 8.33. The molecule has 0 radical (unpaired) electrons. The highest BCUT2D eigenvalue weighted by molar-refractivity contribution is 7.89. The Kier molecular flexibility index (Phi) is 6.08. The SMILES string of the molecule is CCCCC1CN(S(=O)(=O)C[C@H]2C[C@@H](N(C)c3ncnc4[nH]ccc34)C2)CCO1. The van der Waals surface area contributed by atoms with E-state index in [1.54, 1.807) is 10.6 Å². The molecule has 3 heterocycles. The Bertz CT molecular complexity index is 925. The summed E-state index contributed by atoms with van der Waals surface area (Å²) in [4.78, 5) is 14.0. The maximum absolute atomic E-state index is 12.9. The number of H-pyrrole nitrogens is 1. The number of rotatable bonds is 8. The first kappa shape index (κ1) is 20.6. The average molecular weight is 422 g/mol. The van der Waals surface area contributed by atoms with Gasteiger partial charge in [0.25, 0.3) is 0 Å². The second-order valence-electron chi connectivity index (χ2n) is 8.31. The van der Waals surface area contributed by atoms with Crippen LogP contribution < -0.4 is 4.90 Å². The van der Waals surface area contributed by atoms with Crippen LogP contribution in [0.5, 0.6) is 0 Å². The first-order chi connectivity index (χ1) is 14.0. The molecule has 29 heavy (non-hydrogen) atoms. The maximum Gasteiger partial charge on any atom is 0.214 e. The van der Waals surface area contributed by atoms with Crippen LogP contribution in [0, 0.1) is 5.92 Å². The quantitative estimate of drug-likeness (QED) is 0.704. The van der Waals surface area contributed by atoms with E-state index in [-0.39, 0.29) is 17.8 Å². The normalized spacial score (nSPS) is 25.8. The molecule has 2 aromatic heterocycles. The van der Waals surface area contributed by atoms with Crippen LogP contribution >= 0.6 is 0 Å². The van der Waals surface area contributed by atoms with Crippen molar-refractivity contribution in [3.05, 3.63) is 18.6 Å². The van der Waals surface area contributed by atoms with E-state index >= 15 is 0 Å². The fourth-order valence-electron chi connectivity index (χ4n) is 4.42. The van der Waals surface area contributed by atoms with Gasteiger partial charge in [-0.2, -0.15) is 4.31 Å². The van der Waals surface area contributed by atoms with Crippen LogP contribution in [0.4, 0.5) is 5.82 Å². The maximum atomic E-state index is 12.9. The molecule has 1 saturated carbocycles. The fourth-order valence-corrected chi connectivity index (χ4v) is 6.24. The Morgan fingerprint density at radius 3 is 2.97 bits per heavy atom. The molecule has 1 atom stereocenters. The number of hydrogen-bond donors (Lipinski definition) is 1. The summed E-state index contributed by atoms with van der Waals surface area (Å²) in [5, 5.41) is 0.998. The highest BCUT2D eigenvalue weighted by atomic mass is 32.2. The number of sulfonamides is 1. The van der Waals surface area contributed by atoms with Gasteiger partial charge in [0.05, 0.1) is 23.8 Å². The van der Waals surface area contributed by atoms with Crippen LogP contribution in [0.25, 0.3) is 11.0 Å². The van der Waals surface area contributed by atoms with Gasteiger partial charge in [0.1, 0.15) is 17.8 Å². The Morgan fingerprint density at radius 2 is 2.17 bits per heavy atom. The Hall–Kier alpha value is -1.71. The molecule has 2 aromatic rings. The Morgan fingerprint density at radius 1 is 1.34 bits per heavy atom. The van der Waals surface area contributed by atoms with Crippen LogP contribution in [0.1, 0.15) is 39.0 Å². The van der Waals surface area contributed by atoms with Crippen molar-refractivity contribution in [3.8, 4) is 0 Å². The Labute approximate surface area is 172 Å². The number of fused-ring (bicyclic) bond motifs is 1. The zero-order valence-electron chi connectivity index (χ0n) is 17.2. The van der Waals surface area contributed by atoms with Crippen molar-refractivity contribution in [2.24, 2.45) is 5.92 Å². The molecule has 1 saturated heterocycles. The lowest BCUT2D eigenvalue weighted by Crippen LogP contribution is -2.50. The largest absolute Gasteiger partial charge is 0.375 e. The van der Waals surface area contributed by atoms with E-state index in [1.165, 1.54) is 0 Å². The molecule has 9 heteroatoms. The van der Waals surface area contributed by atoms with Crippen LogP contribution in [-0.2, 0) is 14.8 Å². The third-order valence-electron chi connectivity index (χ3n) is 6.25. The van der Waals surface area contributed by atoms with Crippen molar-refractivity contribution >= 4 is 26.9 Å². The molecular weight excluding hydrogens is 390 g/mol. The zero-order chi connectivity index (χ0) is 20.4. The molecule has 160 valence electrons. The molecule has 0 amide bonds. The minimum absolute atomic E-state index is 0.0419. The van der Waals surface area contributed by atoms with Crippen molar-refractivity contribution in [3.63, 3.8) is 0 Å². The predicted octanol–water partition coefficient (Wildman–Crippen LogP) is 2.39. The lowest BCUT2D eigenvalue weighted by molar-refractivity contribution is -0.00672. The highest BCUT2D eigenvalue weighted by Gasteiger charge is 2.38. The van der Waals surface area contributed by atoms with Crippen molar-refractivity contribution < 1.29 is 13.2 Å². The topological polar surface area (TPSA) is 91.4 Å². The van der Waals surface area contributed by atoms with Gasteiger partial charge in [0.15, 0.2) is 0 Å². The summed E-state index contributed by atoms with van der Waals surface area (Å²) in [5.41, 5.74) is 0.824. The van der Waals surface area contributed by atoms with Crippen molar-refractivity contribution in [1.29, 1.82) is 0 Å². The monoisotopic (exact) mass is 421 g/mol. The number of aromatic nitrogens is 3. The second kappa shape index (κ2) is 8.57. The molecule has 1 unspecified atom stereocenters. The van der Waals surface area contributed by atoms with Crippen LogP contribution in [0.15, 0.2) is 18.6 Å². The number of unbranched alkanes of at least 4 members (excludes halogenated alkanes) is 1. The minimum Gasteiger partial charge on any atom is -0.375 e. The average Bonchev–Trinajstić information content (AvgIpc) is 3.17. The molecule has 1 aliphatic heterocycles. The van der Waals surface area contributed by atoms with Gasteiger partial charge in [-0.3, -0.25) is 0 Å². The number of nitrogens with one attached hydrogen (secondary N) is 1. The lowest BCUT2D eigenvalue weighted by atomic mass is 9.81. The zero-order valence-corrected chi connectivity index (χ0v) is 18.1. The molecular formula is C20H31N5O3S. The van der Waals surface area contributed by atoms with E-state index in [0.717, 1.165) is 49.0 Å². The van der Waals surface area contributed by atoms with Gasteiger partial charge >= 0.3 is 0 Å². The summed E-state index contributed by atoms with van der Waals surface area (Å²) in [6, 6.07) is 2.29. The molecule has 0 bridgehead atoms. The number of hydrogen-bond acceptors (Lipinski definition) is 6. The summed E-state index contributed by atoms with van der Waals surface area (Å²) in [5.74, 6) is 1.34. The number of morpholine rings is 1. The molecule has 0 spiro atoms. The summed E-state index contributed by atoms with van der Waals surface area (Å²) < 4.78 is 33.3. The van der Waals surface area contributed by atoms with Gasteiger partial charge in [-0.1, -0.05) is 19.8 Å². The van der Waals surface area contributed by atoms with Crippen LogP contribution in [-0.4, -0.2) is 72.3 Å². The Balaban J connectivity index is 1.32. The van der Waals surface area contributed by atoms with Gasteiger partial charge < -0.3 is 14.6 Å². The van der Waals surface area contributed by atoms with E-state index in [9.17, 15) is 8.42 Å². The summed E-state index contributed by atoms with van der Waals surface area (Å²) in [6.45, 7) is 3.63. The lowest BCUT2D eigenvalue weighted by Gasteiger charge is -2.42. The molecule has 4 rings (SSSR count). The minimum atomic E-state index is -3.24. The number of anilines is 1. The van der Waals surface area contributed by atoms with Gasteiger partial charge in [-0.05, 0) is 31.2 Å². The van der Waals surface area contributed by atoms with Crippen LogP contribution in [0.2, 0.25) is 0 Å². The van der Waals surface area contributed by atoms with E-state index in [0.29, 0.717) is 25.7 Å². The molecule has 8 nitrogen and oxygen atoms in total. The number of ether oxygens (including phenoxy) is 1. The van der Waals surface area contributed by atoms with E-state index in [4.69, 9.17) is 4.74 Å². The molecule has 0 aromatic carbocycles. The number of aromatic amines is 1. The molecule has 2 aliphatic rings. The fraction of sp³-hybridized carbons (Fsp3) is 0.700. The van der Waals surface area contributed by atoms with Gasteiger partial charge in [0.2, 0.25) is 10.0 Å². The smallest absolute Gasteiger partial charge is 0.214 e. The third kappa shape index (κ3) is 4.41. The van der Waals surface area contributed by atoms with Gasteiger partial charge in [0, 0.05) is 32.4 Å². The van der Waals surface area contributed by atoms with Crippen molar-refractivity contribution in [1.82, 2.24) is 19.3 Å². The van der Waals surface area contributed by atoms with Crippen molar-refractivity contribution in [2.75, 3.05) is 37.4 Å². The second-order valence-corrected chi connectivity index (χ2v) is 10.3. The van der Waals surface area contributed by atoms with Gasteiger partial charge in [-0.15, -0.1) is 0 Å². The first-order valence-electron chi connectivity index (χ1n) is 10.6. The summed E-state index contributed by atoms with van der Waals surface area (Å²) >= 11 is 0. The predicted molar refractivity (Wildman–Crippen MR) is 113 cm³/mol. The summed E-state index contributed by atoms with van der Waals surface area (Å²) in [7, 11) is -1.20. The first-order valence-corrected chi connectivity index (χ1v) is 12.2. The molecule has 1 N–H and O–H groups in total. The van der Waals surface area contributed by atoms with E-state index in [2.05, 4.69) is 26.8 Å². The molecule has 2 fully saturated rings. The molecule has 1 aliphatic carbocycles. The standard InChI is InChI=1S/C20H31N5O3S/c1-3-4-5-17-12-25(8-9-28-17)29(26,27)13-15-10-16(11-15)24(2)20-18-6-7-21-19(18)22-14-23-20/h6-7,14-17H,3-5,8-13H2,1-2H3,(H,21,22,23)/t15-,16+,17?. The highest BCUT2D eigenvalue weighted by Crippen LogP contribution is 2.36. The van der Waals surface area contributed by atoms with Gasteiger partial charge in [-0.25, -0.2) is 18.4 Å². The van der Waals surface area contributed by atoms with E-state index < -0.39 is 10.0 Å². The number of nitrogens with zero attached hydrogens (tertiary/aromatic N) is 4. The van der Waals surface area contributed by atoms with Crippen LogP contribution in [0.3, 0.4) is 0 Å².